The Kier molecular flexibility index (Phi) is 2.77. The summed E-state index contributed by atoms with van der Waals surface area (Å²) in [6.45, 7) is 0.855. The number of benzene rings is 1. The van der Waals surface area contributed by atoms with E-state index in [-0.39, 0.29) is 11.8 Å². The minimum absolute atomic E-state index is 0.0693. The van der Waals surface area contributed by atoms with Crippen molar-refractivity contribution in [3.8, 4) is 0 Å². The van der Waals surface area contributed by atoms with Gasteiger partial charge in [-0.1, -0.05) is 30.3 Å². The van der Waals surface area contributed by atoms with Crippen molar-refractivity contribution in [1.29, 1.82) is 0 Å². The van der Waals surface area contributed by atoms with E-state index < -0.39 is 10.0 Å². The van der Waals surface area contributed by atoms with E-state index in [9.17, 15) is 8.42 Å². The van der Waals surface area contributed by atoms with Crippen LogP contribution in [0.1, 0.15) is 5.56 Å². The highest BCUT2D eigenvalue weighted by atomic mass is 32.2. The molecular formula is C10H14N2O2S. The maximum Gasteiger partial charge on any atom is 0.216 e. The lowest BCUT2D eigenvalue weighted by Gasteiger charge is -2.13. The molecular weight excluding hydrogens is 212 g/mol. The highest BCUT2D eigenvalue weighted by Crippen LogP contribution is 2.16. The molecule has 0 bridgehead atoms. The van der Waals surface area contributed by atoms with Gasteiger partial charge in [-0.3, -0.25) is 0 Å². The van der Waals surface area contributed by atoms with Gasteiger partial charge in [0.15, 0.2) is 0 Å². The van der Waals surface area contributed by atoms with Crippen molar-refractivity contribution in [3.63, 3.8) is 0 Å². The molecule has 1 atom stereocenters. The van der Waals surface area contributed by atoms with Crippen molar-refractivity contribution in [1.82, 2.24) is 4.31 Å². The van der Waals surface area contributed by atoms with Crippen molar-refractivity contribution in [2.45, 2.75) is 12.6 Å². The molecule has 2 N–H and O–H groups in total. The number of hydrogen-bond donors (Lipinski definition) is 1. The Morgan fingerprint density at radius 1 is 1.33 bits per heavy atom. The second-order valence-corrected chi connectivity index (χ2v) is 5.83. The third kappa shape index (κ3) is 2.37. The van der Waals surface area contributed by atoms with Crippen LogP contribution in [-0.4, -0.2) is 31.1 Å². The molecule has 4 nitrogen and oxygen atoms in total. The highest BCUT2D eigenvalue weighted by Gasteiger charge is 2.33. The summed E-state index contributed by atoms with van der Waals surface area (Å²) >= 11 is 0. The van der Waals surface area contributed by atoms with E-state index in [1.165, 1.54) is 4.31 Å². The Labute approximate surface area is 89.7 Å². The van der Waals surface area contributed by atoms with Crippen molar-refractivity contribution < 1.29 is 8.42 Å². The predicted octanol–water partition coefficient (Wildman–Crippen LogP) is 0.159. The third-order valence-corrected chi connectivity index (χ3v) is 4.37. The maximum absolute atomic E-state index is 11.6. The Morgan fingerprint density at radius 2 is 2.00 bits per heavy atom. The minimum Gasteiger partial charge on any atom is -0.326 e. The maximum atomic E-state index is 11.6. The molecule has 15 heavy (non-hydrogen) atoms. The molecule has 1 aliphatic rings. The summed E-state index contributed by atoms with van der Waals surface area (Å²) in [7, 11) is -3.13. The second-order valence-electron chi connectivity index (χ2n) is 3.82. The van der Waals surface area contributed by atoms with E-state index in [2.05, 4.69) is 0 Å². The first kappa shape index (κ1) is 10.6. The van der Waals surface area contributed by atoms with Gasteiger partial charge in [0, 0.05) is 19.1 Å². The molecule has 0 radical (unpaired) electrons. The molecule has 0 aromatic heterocycles. The molecule has 82 valence electrons. The van der Waals surface area contributed by atoms with Gasteiger partial charge in [-0.2, -0.15) is 4.31 Å². The molecule has 0 amide bonds. The first-order chi connectivity index (χ1) is 7.08. The van der Waals surface area contributed by atoms with Gasteiger partial charge in [-0.25, -0.2) is 8.42 Å². The molecule has 5 heteroatoms. The van der Waals surface area contributed by atoms with Crippen LogP contribution >= 0.6 is 0 Å². The van der Waals surface area contributed by atoms with Gasteiger partial charge in [0.25, 0.3) is 0 Å². The molecule has 1 aromatic rings. The fourth-order valence-electron chi connectivity index (χ4n) is 1.75. The van der Waals surface area contributed by atoms with Gasteiger partial charge in [0.05, 0.1) is 5.75 Å². The molecule has 0 spiro atoms. The van der Waals surface area contributed by atoms with Crippen molar-refractivity contribution in [2.24, 2.45) is 5.73 Å². The molecule has 1 heterocycles. The summed E-state index contributed by atoms with van der Waals surface area (Å²) in [6, 6.07) is 9.29. The summed E-state index contributed by atoms with van der Waals surface area (Å²) in [5.41, 5.74) is 6.63. The Bertz CT molecular complexity index is 430. The monoisotopic (exact) mass is 226 g/mol. The summed E-state index contributed by atoms with van der Waals surface area (Å²) in [5, 5.41) is 0. The van der Waals surface area contributed by atoms with Gasteiger partial charge in [0.2, 0.25) is 10.0 Å². The molecule has 2 rings (SSSR count). The highest BCUT2D eigenvalue weighted by molar-refractivity contribution is 7.89. The van der Waals surface area contributed by atoms with Crippen LogP contribution in [0.2, 0.25) is 0 Å². The Morgan fingerprint density at radius 3 is 2.53 bits per heavy atom. The van der Waals surface area contributed by atoms with Crippen LogP contribution in [0, 0.1) is 0 Å². The van der Waals surface area contributed by atoms with Crippen LogP contribution in [0.3, 0.4) is 0 Å². The van der Waals surface area contributed by atoms with Crippen molar-refractivity contribution in [2.75, 3.05) is 12.3 Å². The van der Waals surface area contributed by atoms with Crippen molar-refractivity contribution >= 4 is 10.0 Å². The first-order valence-corrected chi connectivity index (χ1v) is 6.46. The summed E-state index contributed by atoms with van der Waals surface area (Å²) in [6.07, 6.45) is 0. The lowest BCUT2D eigenvalue weighted by atomic mass is 10.2. The largest absolute Gasteiger partial charge is 0.326 e. The lowest BCUT2D eigenvalue weighted by molar-refractivity contribution is 0.426. The fourth-order valence-corrected chi connectivity index (χ4v) is 3.38. The SMILES string of the molecule is NC1CN(Cc2ccccc2)S(=O)(=O)C1. The van der Waals surface area contributed by atoms with Gasteiger partial charge < -0.3 is 5.73 Å². The molecule has 0 saturated carbocycles. The quantitative estimate of drug-likeness (QED) is 0.781. The smallest absolute Gasteiger partial charge is 0.216 e. The fraction of sp³-hybridized carbons (Fsp3) is 0.400. The normalized spacial score (nSPS) is 25.5. The summed E-state index contributed by atoms with van der Waals surface area (Å²) in [5.74, 6) is 0.0693. The Hall–Kier alpha value is -0.910. The first-order valence-electron chi connectivity index (χ1n) is 4.85. The van der Waals surface area contributed by atoms with Gasteiger partial charge in [-0.05, 0) is 5.56 Å². The van der Waals surface area contributed by atoms with Crippen LogP contribution in [-0.2, 0) is 16.6 Å². The molecule has 1 unspecified atom stereocenters. The summed E-state index contributed by atoms with van der Waals surface area (Å²) < 4.78 is 24.7. The number of nitrogens with zero attached hydrogens (tertiary/aromatic N) is 1. The van der Waals surface area contributed by atoms with E-state index in [4.69, 9.17) is 5.73 Å². The third-order valence-electron chi connectivity index (χ3n) is 2.46. The van der Waals surface area contributed by atoms with E-state index in [1.54, 1.807) is 0 Å². The standard InChI is InChI=1S/C10H14N2O2S/c11-10-7-12(15(13,14)8-10)6-9-4-2-1-3-5-9/h1-5,10H,6-8,11H2. The van der Waals surface area contributed by atoms with E-state index in [0.29, 0.717) is 13.1 Å². The zero-order valence-electron chi connectivity index (χ0n) is 8.33. The zero-order chi connectivity index (χ0) is 10.9. The van der Waals surface area contributed by atoms with Crippen LogP contribution in [0.5, 0.6) is 0 Å². The number of hydrogen-bond acceptors (Lipinski definition) is 3. The average molecular weight is 226 g/mol. The van der Waals surface area contributed by atoms with E-state index in [0.717, 1.165) is 5.56 Å². The van der Waals surface area contributed by atoms with Crippen molar-refractivity contribution in [3.05, 3.63) is 35.9 Å². The van der Waals surface area contributed by atoms with Crippen LogP contribution in [0.25, 0.3) is 0 Å². The predicted molar refractivity (Wildman–Crippen MR) is 58.6 cm³/mol. The number of sulfonamides is 1. The van der Waals surface area contributed by atoms with E-state index >= 15 is 0 Å². The van der Waals surface area contributed by atoms with Crippen LogP contribution in [0.15, 0.2) is 30.3 Å². The van der Waals surface area contributed by atoms with Gasteiger partial charge in [-0.15, -0.1) is 0 Å². The molecule has 1 saturated heterocycles. The average Bonchev–Trinajstić information content (AvgIpc) is 2.41. The second kappa shape index (κ2) is 3.92. The Balaban J connectivity index is 2.14. The van der Waals surface area contributed by atoms with E-state index in [1.807, 2.05) is 30.3 Å². The number of rotatable bonds is 2. The molecule has 0 aliphatic carbocycles. The van der Waals surface area contributed by atoms with Gasteiger partial charge >= 0.3 is 0 Å². The molecule has 1 aromatic carbocycles. The lowest BCUT2D eigenvalue weighted by Crippen LogP contribution is -2.27. The van der Waals surface area contributed by atoms with Crippen LogP contribution in [0.4, 0.5) is 0 Å². The topological polar surface area (TPSA) is 63.4 Å². The minimum atomic E-state index is -3.13. The molecule has 1 fully saturated rings. The molecule has 1 aliphatic heterocycles. The number of nitrogens with two attached hydrogens (primary N) is 1. The van der Waals surface area contributed by atoms with Crippen LogP contribution < -0.4 is 5.73 Å². The zero-order valence-corrected chi connectivity index (χ0v) is 9.15. The van der Waals surface area contributed by atoms with Gasteiger partial charge in [0.1, 0.15) is 0 Å². The summed E-state index contributed by atoms with van der Waals surface area (Å²) in [4.78, 5) is 0.